The molecular weight excluding hydrogens is 327 g/mol. The van der Waals surface area contributed by atoms with Crippen molar-refractivity contribution in [1.82, 2.24) is 10.0 Å². The van der Waals surface area contributed by atoms with Gasteiger partial charge in [-0.2, -0.15) is 0 Å². The third kappa shape index (κ3) is 4.35. The molecule has 1 aliphatic heterocycles. The third-order valence-electron chi connectivity index (χ3n) is 4.57. The van der Waals surface area contributed by atoms with Crippen molar-refractivity contribution < 1.29 is 12.8 Å². The van der Waals surface area contributed by atoms with Gasteiger partial charge in [0.25, 0.3) is 0 Å². The number of sulfonamides is 1. The maximum atomic E-state index is 14.7. The average molecular weight is 350 g/mol. The zero-order chi connectivity index (χ0) is 17.2. The molecule has 1 saturated carbocycles. The van der Waals surface area contributed by atoms with Gasteiger partial charge in [0.1, 0.15) is 5.82 Å². The Balaban J connectivity index is 1.73. The lowest BCUT2D eigenvalue weighted by Crippen LogP contribution is -2.45. The Bertz CT molecular complexity index is 763. The van der Waals surface area contributed by atoms with E-state index in [2.05, 4.69) is 21.9 Å². The van der Waals surface area contributed by atoms with E-state index >= 15 is 0 Å². The van der Waals surface area contributed by atoms with Crippen molar-refractivity contribution in [3.05, 3.63) is 35.1 Å². The Hall–Kier alpha value is -1.42. The molecule has 6 heteroatoms. The van der Waals surface area contributed by atoms with Crippen LogP contribution in [0.2, 0.25) is 0 Å². The highest BCUT2D eigenvalue weighted by atomic mass is 32.2. The fourth-order valence-electron chi connectivity index (χ4n) is 2.92. The third-order valence-corrected chi connectivity index (χ3v) is 5.99. The predicted octanol–water partition coefficient (Wildman–Crippen LogP) is 1.80. The van der Waals surface area contributed by atoms with Crippen LogP contribution in [0, 0.1) is 23.6 Å². The molecule has 0 amide bonds. The maximum Gasteiger partial charge on any atom is 0.211 e. The fourth-order valence-corrected chi connectivity index (χ4v) is 3.83. The Labute approximate surface area is 143 Å². The van der Waals surface area contributed by atoms with Crippen LogP contribution in [0.4, 0.5) is 4.39 Å². The molecular formula is C18H23FN2O2S. The smallest absolute Gasteiger partial charge is 0.211 e. The molecule has 130 valence electrons. The van der Waals surface area contributed by atoms with Gasteiger partial charge in [-0.3, -0.25) is 0 Å². The summed E-state index contributed by atoms with van der Waals surface area (Å²) in [7, 11) is -3.26. The summed E-state index contributed by atoms with van der Waals surface area (Å²) in [5.41, 5.74) is 1.01. The topological polar surface area (TPSA) is 58.2 Å². The zero-order valence-corrected chi connectivity index (χ0v) is 14.6. The van der Waals surface area contributed by atoms with Crippen LogP contribution in [0.1, 0.15) is 37.3 Å². The first-order chi connectivity index (χ1) is 11.5. The van der Waals surface area contributed by atoms with Crippen LogP contribution in [-0.2, 0) is 16.4 Å². The first kappa shape index (κ1) is 17.4. The zero-order valence-electron chi connectivity index (χ0n) is 13.8. The average Bonchev–Trinajstić information content (AvgIpc) is 3.29. The minimum Gasteiger partial charge on any atom is -0.312 e. The molecule has 1 aliphatic carbocycles. The van der Waals surface area contributed by atoms with E-state index in [4.69, 9.17) is 0 Å². The minimum atomic E-state index is -3.26. The standard InChI is InChI=1S/C18H23FN2O2S/c1-2-24(22,23)21-16-10-11-20-17(16)12-15-5-3-4-14(18(15)19)9-8-13-6-7-13/h3-5,13,16-17,20-21H,2,6-7,10-12H2,1H3. The highest BCUT2D eigenvalue weighted by molar-refractivity contribution is 7.89. The summed E-state index contributed by atoms with van der Waals surface area (Å²) >= 11 is 0. The van der Waals surface area contributed by atoms with Crippen LogP contribution in [0.3, 0.4) is 0 Å². The molecule has 2 N–H and O–H groups in total. The Morgan fingerprint density at radius 3 is 2.83 bits per heavy atom. The Kier molecular flexibility index (Phi) is 5.24. The Morgan fingerprint density at radius 2 is 2.12 bits per heavy atom. The summed E-state index contributed by atoms with van der Waals surface area (Å²) in [6, 6.07) is 4.97. The van der Waals surface area contributed by atoms with Crippen molar-refractivity contribution in [2.45, 2.75) is 44.7 Å². The van der Waals surface area contributed by atoms with E-state index in [1.54, 1.807) is 19.1 Å². The number of hydrogen-bond acceptors (Lipinski definition) is 3. The van der Waals surface area contributed by atoms with Crippen molar-refractivity contribution in [3.63, 3.8) is 0 Å². The van der Waals surface area contributed by atoms with E-state index < -0.39 is 10.0 Å². The van der Waals surface area contributed by atoms with E-state index in [1.165, 1.54) is 0 Å². The first-order valence-corrected chi connectivity index (χ1v) is 10.2. The van der Waals surface area contributed by atoms with Crippen LogP contribution >= 0.6 is 0 Å². The van der Waals surface area contributed by atoms with E-state index in [0.717, 1.165) is 19.4 Å². The van der Waals surface area contributed by atoms with Gasteiger partial charge >= 0.3 is 0 Å². The normalized spacial score (nSPS) is 23.8. The lowest BCUT2D eigenvalue weighted by atomic mass is 9.99. The summed E-state index contributed by atoms with van der Waals surface area (Å²) in [5.74, 6) is 6.23. The molecule has 0 bridgehead atoms. The Morgan fingerprint density at radius 1 is 1.33 bits per heavy atom. The molecule has 24 heavy (non-hydrogen) atoms. The fraction of sp³-hybridized carbons (Fsp3) is 0.556. The first-order valence-electron chi connectivity index (χ1n) is 8.51. The lowest BCUT2D eigenvalue weighted by Gasteiger charge is -2.21. The summed E-state index contributed by atoms with van der Waals surface area (Å²) in [5, 5.41) is 3.28. The van der Waals surface area contributed by atoms with Gasteiger partial charge in [0.05, 0.1) is 11.3 Å². The van der Waals surface area contributed by atoms with Gasteiger partial charge < -0.3 is 5.32 Å². The van der Waals surface area contributed by atoms with Gasteiger partial charge in [0, 0.05) is 18.0 Å². The molecule has 0 aromatic heterocycles. The summed E-state index contributed by atoms with van der Waals surface area (Å²) in [6.45, 7) is 2.34. The van der Waals surface area contributed by atoms with Crippen LogP contribution < -0.4 is 10.0 Å². The number of nitrogens with one attached hydrogen (secondary N) is 2. The van der Waals surface area contributed by atoms with Crippen LogP contribution in [0.15, 0.2) is 18.2 Å². The SMILES string of the molecule is CCS(=O)(=O)NC1CCNC1Cc1cccc(C#CC2CC2)c1F. The van der Waals surface area contributed by atoms with E-state index in [0.29, 0.717) is 29.9 Å². The second-order valence-corrected chi connectivity index (χ2v) is 8.55. The molecule has 2 fully saturated rings. The largest absolute Gasteiger partial charge is 0.312 e. The number of hydrogen-bond donors (Lipinski definition) is 2. The van der Waals surface area contributed by atoms with Crippen LogP contribution in [0.5, 0.6) is 0 Å². The molecule has 0 spiro atoms. The molecule has 4 nitrogen and oxygen atoms in total. The highest BCUT2D eigenvalue weighted by Crippen LogP contribution is 2.28. The molecule has 1 aromatic rings. The van der Waals surface area contributed by atoms with Crippen molar-refractivity contribution >= 4 is 10.0 Å². The van der Waals surface area contributed by atoms with Gasteiger partial charge in [-0.05, 0) is 50.8 Å². The predicted molar refractivity (Wildman–Crippen MR) is 92.5 cm³/mol. The molecule has 3 rings (SSSR count). The minimum absolute atomic E-state index is 0.0524. The van der Waals surface area contributed by atoms with Gasteiger partial charge in [-0.1, -0.05) is 24.0 Å². The molecule has 2 atom stereocenters. The van der Waals surface area contributed by atoms with Gasteiger partial charge in [0.2, 0.25) is 10.0 Å². The molecule has 1 aromatic carbocycles. The number of benzene rings is 1. The molecule has 2 unspecified atom stereocenters. The van der Waals surface area contributed by atoms with Gasteiger partial charge in [0.15, 0.2) is 0 Å². The molecule has 2 aliphatic rings. The van der Waals surface area contributed by atoms with Crippen molar-refractivity contribution in [1.29, 1.82) is 0 Å². The van der Waals surface area contributed by atoms with E-state index in [1.807, 2.05) is 6.07 Å². The summed E-state index contributed by atoms with van der Waals surface area (Å²) < 4.78 is 41.0. The number of halogens is 1. The van der Waals surface area contributed by atoms with Crippen LogP contribution in [-0.4, -0.2) is 32.8 Å². The molecule has 1 heterocycles. The van der Waals surface area contributed by atoms with Gasteiger partial charge in [-0.15, -0.1) is 0 Å². The highest BCUT2D eigenvalue weighted by Gasteiger charge is 2.30. The number of rotatable bonds is 5. The quantitative estimate of drug-likeness (QED) is 0.796. The lowest BCUT2D eigenvalue weighted by molar-refractivity contribution is 0.483. The van der Waals surface area contributed by atoms with Crippen molar-refractivity contribution in [2.75, 3.05) is 12.3 Å². The summed E-state index contributed by atoms with van der Waals surface area (Å²) in [6.07, 6.45) is 3.38. The monoisotopic (exact) mass is 350 g/mol. The van der Waals surface area contributed by atoms with Crippen molar-refractivity contribution in [3.8, 4) is 11.8 Å². The second-order valence-electron chi connectivity index (χ2n) is 6.50. The van der Waals surface area contributed by atoms with Crippen LogP contribution in [0.25, 0.3) is 0 Å². The molecule has 1 saturated heterocycles. The molecule has 0 radical (unpaired) electrons. The van der Waals surface area contributed by atoms with E-state index in [9.17, 15) is 12.8 Å². The van der Waals surface area contributed by atoms with Crippen molar-refractivity contribution in [2.24, 2.45) is 5.92 Å². The van der Waals surface area contributed by atoms with E-state index in [-0.39, 0.29) is 23.7 Å². The van der Waals surface area contributed by atoms with Gasteiger partial charge in [-0.25, -0.2) is 17.5 Å². The second kappa shape index (κ2) is 7.22. The maximum absolute atomic E-state index is 14.7. The summed E-state index contributed by atoms with van der Waals surface area (Å²) in [4.78, 5) is 0.